The molecule has 0 heterocycles. The van der Waals surface area contributed by atoms with E-state index < -0.39 is 5.97 Å². The first-order valence-electron chi connectivity index (χ1n) is 5.61. The molecule has 0 aliphatic rings. The van der Waals surface area contributed by atoms with Gasteiger partial charge in [0.05, 0.1) is 12.2 Å². The Morgan fingerprint density at radius 3 is 2.50 bits per heavy atom. The van der Waals surface area contributed by atoms with Crippen LogP contribution in [0.5, 0.6) is 5.75 Å². The first kappa shape index (κ1) is 13.8. The van der Waals surface area contributed by atoms with Crippen LogP contribution in [0.4, 0.5) is 0 Å². The van der Waals surface area contributed by atoms with Crippen LogP contribution >= 0.6 is 0 Å². The largest absolute Gasteiger partial charge is 0.508 e. The number of nitrogens with zero attached hydrogens (tertiary/aromatic N) is 1. The smallest absolute Gasteiger partial charge is 0.338 e. The molecule has 1 aromatic rings. The van der Waals surface area contributed by atoms with Gasteiger partial charge in [-0.1, -0.05) is 0 Å². The van der Waals surface area contributed by atoms with Crippen LogP contribution in [0, 0.1) is 0 Å². The van der Waals surface area contributed by atoms with Crippen molar-refractivity contribution in [3.63, 3.8) is 0 Å². The van der Waals surface area contributed by atoms with Crippen molar-refractivity contribution < 1.29 is 14.6 Å². The van der Waals surface area contributed by atoms with Crippen molar-refractivity contribution >= 4 is 11.9 Å². The van der Waals surface area contributed by atoms with Crippen LogP contribution in [0.15, 0.2) is 29.3 Å². The molecular formula is C12H17N3O3. The Balaban J connectivity index is 2.21. The first-order chi connectivity index (χ1) is 8.59. The zero-order chi connectivity index (χ0) is 13.4. The fourth-order valence-electron chi connectivity index (χ4n) is 1.27. The minimum atomic E-state index is -0.406. The summed E-state index contributed by atoms with van der Waals surface area (Å²) < 4.78 is 5.04. The molecule has 1 aromatic carbocycles. The third kappa shape index (κ3) is 5.20. The van der Waals surface area contributed by atoms with Crippen LogP contribution in [0.25, 0.3) is 0 Å². The SMILES string of the molecule is NC(N)=NCCCCOC(=O)c1ccc(O)cc1. The van der Waals surface area contributed by atoms with Gasteiger partial charge in [0, 0.05) is 6.54 Å². The van der Waals surface area contributed by atoms with Crippen LogP contribution in [-0.4, -0.2) is 30.2 Å². The summed E-state index contributed by atoms with van der Waals surface area (Å²) in [5.74, 6) is -0.225. The number of ether oxygens (including phenoxy) is 1. The van der Waals surface area contributed by atoms with Gasteiger partial charge < -0.3 is 21.3 Å². The van der Waals surface area contributed by atoms with E-state index in [4.69, 9.17) is 21.3 Å². The minimum Gasteiger partial charge on any atom is -0.508 e. The predicted molar refractivity (Wildman–Crippen MR) is 68.3 cm³/mol. The van der Waals surface area contributed by atoms with Gasteiger partial charge in [0.25, 0.3) is 0 Å². The molecule has 0 spiro atoms. The van der Waals surface area contributed by atoms with Gasteiger partial charge in [-0.25, -0.2) is 4.79 Å². The van der Waals surface area contributed by atoms with Crippen molar-refractivity contribution in [2.24, 2.45) is 16.5 Å². The second-order valence-electron chi connectivity index (χ2n) is 3.70. The average Bonchev–Trinajstić information content (AvgIpc) is 2.34. The molecule has 6 heteroatoms. The maximum atomic E-state index is 11.5. The zero-order valence-corrected chi connectivity index (χ0v) is 10.0. The lowest BCUT2D eigenvalue weighted by molar-refractivity contribution is 0.0499. The number of benzene rings is 1. The number of phenolic OH excluding ortho intramolecular Hbond substituents is 1. The number of rotatable bonds is 6. The number of aliphatic imine (C=N–C) groups is 1. The van der Waals surface area contributed by atoms with Crippen LogP contribution in [0.1, 0.15) is 23.2 Å². The second kappa shape index (κ2) is 7.16. The van der Waals surface area contributed by atoms with Gasteiger partial charge in [-0.3, -0.25) is 4.99 Å². The molecule has 0 aliphatic carbocycles. The molecule has 18 heavy (non-hydrogen) atoms. The predicted octanol–water partition coefficient (Wildman–Crippen LogP) is 0.603. The van der Waals surface area contributed by atoms with Gasteiger partial charge >= 0.3 is 5.97 Å². The molecule has 0 aliphatic heterocycles. The van der Waals surface area contributed by atoms with Gasteiger partial charge in [0.2, 0.25) is 0 Å². The normalized spacial score (nSPS) is 9.78. The lowest BCUT2D eigenvalue weighted by atomic mass is 10.2. The standard InChI is InChI=1S/C12H17N3O3/c13-12(14)15-7-1-2-8-18-11(17)9-3-5-10(16)6-4-9/h3-6,16H,1-2,7-8H2,(H4,13,14,15). The van der Waals surface area contributed by atoms with E-state index in [0.29, 0.717) is 25.1 Å². The van der Waals surface area contributed by atoms with Crippen molar-refractivity contribution in [3.8, 4) is 5.75 Å². The quantitative estimate of drug-likeness (QED) is 0.297. The summed E-state index contributed by atoms with van der Waals surface area (Å²) in [4.78, 5) is 15.3. The summed E-state index contributed by atoms with van der Waals surface area (Å²) in [7, 11) is 0. The van der Waals surface area contributed by atoms with Crippen LogP contribution in [0.2, 0.25) is 0 Å². The summed E-state index contributed by atoms with van der Waals surface area (Å²) in [5.41, 5.74) is 10.7. The number of nitrogens with two attached hydrogens (primary N) is 2. The molecule has 5 N–H and O–H groups in total. The van der Waals surface area contributed by atoms with Crippen LogP contribution in [-0.2, 0) is 4.74 Å². The van der Waals surface area contributed by atoms with Crippen molar-refractivity contribution in [3.05, 3.63) is 29.8 Å². The van der Waals surface area contributed by atoms with Crippen molar-refractivity contribution in [1.82, 2.24) is 0 Å². The summed E-state index contributed by atoms with van der Waals surface area (Å²) in [5, 5.41) is 9.07. The molecule has 0 aromatic heterocycles. The molecule has 0 radical (unpaired) electrons. The third-order valence-electron chi connectivity index (χ3n) is 2.18. The van der Waals surface area contributed by atoms with E-state index >= 15 is 0 Å². The molecule has 0 bridgehead atoms. The van der Waals surface area contributed by atoms with E-state index in [-0.39, 0.29) is 11.7 Å². The highest BCUT2D eigenvalue weighted by atomic mass is 16.5. The van der Waals surface area contributed by atoms with E-state index in [0.717, 1.165) is 6.42 Å². The van der Waals surface area contributed by atoms with Gasteiger partial charge in [-0.05, 0) is 37.1 Å². The van der Waals surface area contributed by atoms with Gasteiger partial charge in [0.15, 0.2) is 5.96 Å². The molecule has 0 saturated carbocycles. The summed E-state index contributed by atoms with van der Waals surface area (Å²) in [6.45, 7) is 0.846. The molecule has 1 rings (SSSR count). The highest BCUT2D eigenvalue weighted by Crippen LogP contribution is 2.10. The molecule has 0 fully saturated rings. The monoisotopic (exact) mass is 251 g/mol. The molecule has 0 atom stereocenters. The van der Waals surface area contributed by atoms with E-state index in [1.165, 1.54) is 24.3 Å². The highest BCUT2D eigenvalue weighted by Gasteiger charge is 2.05. The first-order valence-corrected chi connectivity index (χ1v) is 5.61. The van der Waals surface area contributed by atoms with Crippen molar-refractivity contribution in [1.29, 1.82) is 0 Å². The third-order valence-corrected chi connectivity index (χ3v) is 2.18. The zero-order valence-electron chi connectivity index (χ0n) is 10.0. The number of aromatic hydroxyl groups is 1. The van der Waals surface area contributed by atoms with E-state index in [1.54, 1.807) is 0 Å². The van der Waals surface area contributed by atoms with Gasteiger partial charge in [-0.15, -0.1) is 0 Å². The Kier molecular flexibility index (Phi) is 5.50. The van der Waals surface area contributed by atoms with Crippen LogP contribution < -0.4 is 11.5 Å². The number of guanidine groups is 1. The number of phenols is 1. The topological polar surface area (TPSA) is 111 Å². The second-order valence-corrected chi connectivity index (χ2v) is 3.70. The minimum absolute atomic E-state index is 0.0658. The van der Waals surface area contributed by atoms with E-state index in [9.17, 15) is 4.79 Å². The number of hydrogen-bond donors (Lipinski definition) is 3. The molecule has 0 saturated heterocycles. The Bertz CT molecular complexity index is 411. The lowest BCUT2D eigenvalue weighted by Crippen LogP contribution is -2.23. The number of esters is 1. The molecule has 98 valence electrons. The van der Waals surface area contributed by atoms with Crippen LogP contribution in [0.3, 0.4) is 0 Å². The average molecular weight is 251 g/mol. The van der Waals surface area contributed by atoms with Crippen molar-refractivity contribution in [2.45, 2.75) is 12.8 Å². The maximum absolute atomic E-state index is 11.5. The van der Waals surface area contributed by atoms with E-state index in [1.807, 2.05) is 0 Å². The van der Waals surface area contributed by atoms with Gasteiger partial charge in [-0.2, -0.15) is 0 Å². The summed E-state index contributed by atoms with van der Waals surface area (Å²) in [6.07, 6.45) is 1.45. The highest BCUT2D eigenvalue weighted by molar-refractivity contribution is 5.89. The Labute approximate surface area is 105 Å². The molecule has 0 amide bonds. The molecule has 0 unspecified atom stereocenters. The maximum Gasteiger partial charge on any atom is 0.338 e. The Hall–Kier alpha value is -2.24. The molecular weight excluding hydrogens is 234 g/mol. The molecule has 6 nitrogen and oxygen atoms in total. The number of carbonyl (C=O) groups excluding carboxylic acids is 1. The Morgan fingerprint density at radius 1 is 1.22 bits per heavy atom. The van der Waals surface area contributed by atoms with Crippen molar-refractivity contribution in [2.75, 3.05) is 13.2 Å². The summed E-state index contributed by atoms with van der Waals surface area (Å²) >= 11 is 0. The number of carbonyl (C=O) groups is 1. The fourth-order valence-corrected chi connectivity index (χ4v) is 1.27. The fraction of sp³-hybridized carbons (Fsp3) is 0.333. The van der Waals surface area contributed by atoms with Gasteiger partial charge in [0.1, 0.15) is 5.75 Å². The number of unbranched alkanes of at least 4 members (excludes halogenated alkanes) is 1. The number of hydrogen-bond acceptors (Lipinski definition) is 4. The van der Waals surface area contributed by atoms with E-state index in [2.05, 4.69) is 4.99 Å². The summed E-state index contributed by atoms with van der Waals surface area (Å²) in [6, 6.07) is 5.90. The Morgan fingerprint density at radius 2 is 1.89 bits per heavy atom. The lowest BCUT2D eigenvalue weighted by Gasteiger charge is -2.04.